The maximum atomic E-state index is 12.4. The number of nitrogens with one attached hydrogen (secondary N) is 2. The molecule has 4 heteroatoms. The van der Waals surface area contributed by atoms with Crippen molar-refractivity contribution in [2.45, 2.75) is 31.3 Å². The van der Waals surface area contributed by atoms with E-state index < -0.39 is 0 Å². The Morgan fingerprint density at radius 1 is 1.56 bits per heavy atom. The predicted molar refractivity (Wildman–Crippen MR) is 70.9 cm³/mol. The standard InChI is InChI=1S/C14H21N3O/c1-17-8-7-12-13(17)11(9-15-12)14(18)16-10-5-3-2-4-6-10/h2-3,5,11-13,15H,4,6-9H2,1H3,(H,16,18)/t11?,12-,13-/m1/s1. The van der Waals surface area contributed by atoms with E-state index in [4.69, 9.17) is 0 Å². The van der Waals surface area contributed by atoms with Crippen LogP contribution in [0.1, 0.15) is 19.3 Å². The summed E-state index contributed by atoms with van der Waals surface area (Å²) in [6.45, 7) is 1.91. The summed E-state index contributed by atoms with van der Waals surface area (Å²) in [6.07, 6.45) is 9.31. The SMILES string of the molecule is CN1CC[C@H]2NCC(C(=O)NC3=CC=CCC3)[C@H]21. The van der Waals surface area contributed by atoms with E-state index in [1.807, 2.05) is 12.2 Å². The lowest BCUT2D eigenvalue weighted by Gasteiger charge is -2.24. The van der Waals surface area contributed by atoms with Crippen molar-refractivity contribution < 1.29 is 4.79 Å². The van der Waals surface area contributed by atoms with E-state index in [2.05, 4.69) is 28.7 Å². The van der Waals surface area contributed by atoms with Gasteiger partial charge in [-0.1, -0.05) is 12.2 Å². The van der Waals surface area contributed by atoms with Crippen molar-refractivity contribution in [1.82, 2.24) is 15.5 Å². The van der Waals surface area contributed by atoms with Gasteiger partial charge in [0, 0.05) is 24.3 Å². The summed E-state index contributed by atoms with van der Waals surface area (Å²) in [7, 11) is 2.13. The molecule has 3 atom stereocenters. The average Bonchev–Trinajstić information content (AvgIpc) is 2.94. The second kappa shape index (κ2) is 4.86. The second-order valence-electron chi connectivity index (χ2n) is 5.53. The van der Waals surface area contributed by atoms with E-state index in [-0.39, 0.29) is 11.8 Å². The van der Waals surface area contributed by atoms with Crippen LogP contribution in [0.5, 0.6) is 0 Å². The Morgan fingerprint density at radius 3 is 3.22 bits per heavy atom. The van der Waals surface area contributed by atoms with Crippen LogP contribution in [0.2, 0.25) is 0 Å². The summed E-state index contributed by atoms with van der Waals surface area (Å²) in [6, 6.07) is 0.885. The monoisotopic (exact) mass is 247 g/mol. The van der Waals surface area contributed by atoms with E-state index in [0.717, 1.165) is 38.0 Å². The molecule has 2 N–H and O–H groups in total. The molecule has 18 heavy (non-hydrogen) atoms. The fraction of sp³-hybridized carbons (Fsp3) is 0.643. The third kappa shape index (κ3) is 2.10. The van der Waals surface area contributed by atoms with Crippen molar-refractivity contribution in [3.05, 3.63) is 23.9 Å². The van der Waals surface area contributed by atoms with E-state index >= 15 is 0 Å². The van der Waals surface area contributed by atoms with Gasteiger partial charge in [-0.15, -0.1) is 0 Å². The molecule has 4 nitrogen and oxygen atoms in total. The lowest BCUT2D eigenvalue weighted by atomic mass is 9.98. The lowest BCUT2D eigenvalue weighted by molar-refractivity contribution is -0.125. The number of carbonyl (C=O) groups is 1. The normalized spacial score (nSPS) is 35.4. The molecule has 0 aromatic rings. The average molecular weight is 247 g/mol. The number of carbonyl (C=O) groups excluding carboxylic acids is 1. The van der Waals surface area contributed by atoms with Crippen LogP contribution in [0, 0.1) is 5.92 Å². The minimum Gasteiger partial charge on any atom is -0.329 e. The zero-order chi connectivity index (χ0) is 12.5. The first kappa shape index (κ1) is 11.9. The van der Waals surface area contributed by atoms with Gasteiger partial charge in [-0.05, 0) is 38.9 Å². The number of fused-ring (bicyclic) bond motifs is 1. The molecule has 1 unspecified atom stereocenters. The first-order valence-corrected chi connectivity index (χ1v) is 6.86. The molecule has 1 aliphatic carbocycles. The third-order valence-electron chi connectivity index (χ3n) is 4.36. The molecule has 0 radical (unpaired) electrons. The molecular formula is C14H21N3O. The van der Waals surface area contributed by atoms with Crippen LogP contribution < -0.4 is 10.6 Å². The van der Waals surface area contributed by atoms with Crippen molar-refractivity contribution in [3.8, 4) is 0 Å². The maximum Gasteiger partial charge on any atom is 0.230 e. The number of likely N-dealkylation sites (tertiary alicyclic amines) is 1. The minimum absolute atomic E-state index is 0.0920. The van der Waals surface area contributed by atoms with Gasteiger partial charge in [0.15, 0.2) is 0 Å². The maximum absolute atomic E-state index is 12.4. The Morgan fingerprint density at radius 2 is 2.44 bits per heavy atom. The van der Waals surface area contributed by atoms with Crippen molar-refractivity contribution in [2.24, 2.45) is 5.92 Å². The summed E-state index contributed by atoms with van der Waals surface area (Å²) in [5, 5.41) is 6.58. The summed E-state index contributed by atoms with van der Waals surface area (Å²) in [5.74, 6) is 0.277. The zero-order valence-corrected chi connectivity index (χ0v) is 10.9. The topological polar surface area (TPSA) is 44.4 Å². The highest BCUT2D eigenvalue weighted by molar-refractivity contribution is 5.82. The Kier molecular flexibility index (Phi) is 3.22. The van der Waals surface area contributed by atoms with Gasteiger partial charge in [0.05, 0.1) is 5.92 Å². The highest BCUT2D eigenvalue weighted by Gasteiger charge is 2.45. The van der Waals surface area contributed by atoms with Crippen molar-refractivity contribution in [2.75, 3.05) is 20.1 Å². The predicted octanol–water partition coefficient (Wildman–Crippen LogP) is 0.629. The molecule has 0 saturated carbocycles. The van der Waals surface area contributed by atoms with Gasteiger partial charge in [-0.25, -0.2) is 0 Å². The van der Waals surface area contributed by atoms with Gasteiger partial charge in [0.25, 0.3) is 0 Å². The molecular weight excluding hydrogens is 226 g/mol. The molecule has 0 aromatic carbocycles. The van der Waals surface area contributed by atoms with E-state index in [9.17, 15) is 4.79 Å². The van der Waals surface area contributed by atoms with E-state index in [1.165, 1.54) is 0 Å². The van der Waals surface area contributed by atoms with Crippen LogP contribution in [0.25, 0.3) is 0 Å². The lowest BCUT2D eigenvalue weighted by Crippen LogP contribution is -2.43. The number of allylic oxidation sites excluding steroid dienone is 4. The van der Waals surface area contributed by atoms with Gasteiger partial charge in [0.2, 0.25) is 5.91 Å². The summed E-state index contributed by atoms with van der Waals surface area (Å²) in [4.78, 5) is 14.7. The molecule has 0 aromatic heterocycles. The number of amides is 1. The molecule has 2 aliphatic heterocycles. The molecule has 3 rings (SSSR count). The largest absolute Gasteiger partial charge is 0.329 e. The van der Waals surface area contributed by atoms with Crippen LogP contribution in [0.3, 0.4) is 0 Å². The van der Waals surface area contributed by atoms with Gasteiger partial charge in [0.1, 0.15) is 0 Å². The third-order valence-corrected chi connectivity index (χ3v) is 4.36. The van der Waals surface area contributed by atoms with Crippen molar-refractivity contribution in [3.63, 3.8) is 0 Å². The quantitative estimate of drug-likeness (QED) is 0.752. The Labute approximate surface area is 108 Å². The van der Waals surface area contributed by atoms with Crippen molar-refractivity contribution in [1.29, 1.82) is 0 Å². The molecule has 98 valence electrons. The summed E-state index contributed by atoms with van der Waals surface area (Å²) >= 11 is 0. The van der Waals surface area contributed by atoms with Crippen LogP contribution in [0.15, 0.2) is 23.9 Å². The number of nitrogens with zero attached hydrogens (tertiary/aromatic N) is 1. The Hall–Kier alpha value is -1.13. The molecule has 3 aliphatic rings. The first-order valence-electron chi connectivity index (χ1n) is 6.86. The summed E-state index contributed by atoms with van der Waals surface area (Å²) in [5.41, 5.74) is 1.06. The highest BCUT2D eigenvalue weighted by Crippen LogP contribution is 2.28. The molecule has 2 saturated heterocycles. The molecule has 2 heterocycles. The van der Waals surface area contributed by atoms with Gasteiger partial charge < -0.3 is 15.5 Å². The highest BCUT2D eigenvalue weighted by atomic mass is 16.2. The zero-order valence-electron chi connectivity index (χ0n) is 10.9. The van der Waals surface area contributed by atoms with Gasteiger partial charge >= 0.3 is 0 Å². The molecule has 0 spiro atoms. The first-order chi connectivity index (χ1) is 8.75. The van der Waals surface area contributed by atoms with Crippen LogP contribution in [-0.2, 0) is 4.79 Å². The molecule has 1 amide bonds. The Balaban J connectivity index is 1.65. The van der Waals surface area contributed by atoms with E-state index in [1.54, 1.807) is 0 Å². The Bertz CT molecular complexity index is 402. The van der Waals surface area contributed by atoms with Gasteiger partial charge in [-0.2, -0.15) is 0 Å². The van der Waals surface area contributed by atoms with E-state index in [0.29, 0.717) is 12.1 Å². The number of rotatable bonds is 2. The number of hydrogen-bond donors (Lipinski definition) is 2. The van der Waals surface area contributed by atoms with Crippen LogP contribution in [-0.4, -0.2) is 43.0 Å². The number of likely N-dealkylation sites (N-methyl/N-ethyl adjacent to an activating group) is 1. The smallest absolute Gasteiger partial charge is 0.230 e. The van der Waals surface area contributed by atoms with Crippen LogP contribution >= 0.6 is 0 Å². The molecule has 0 bridgehead atoms. The fourth-order valence-electron chi connectivity index (χ4n) is 3.38. The fourth-order valence-corrected chi connectivity index (χ4v) is 3.38. The number of hydrogen-bond acceptors (Lipinski definition) is 3. The molecule has 2 fully saturated rings. The second-order valence-corrected chi connectivity index (χ2v) is 5.53. The van der Waals surface area contributed by atoms with Crippen molar-refractivity contribution >= 4 is 5.91 Å². The van der Waals surface area contributed by atoms with Gasteiger partial charge in [-0.3, -0.25) is 4.79 Å². The van der Waals surface area contributed by atoms with Crippen LogP contribution in [0.4, 0.5) is 0 Å². The summed E-state index contributed by atoms with van der Waals surface area (Å²) < 4.78 is 0. The minimum atomic E-state index is 0.0920.